The van der Waals surface area contributed by atoms with Crippen molar-refractivity contribution in [2.45, 2.75) is 0 Å². The highest BCUT2D eigenvalue weighted by atomic mass is 35.5. The van der Waals surface area contributed by atoms with Crippen molar-refractivity contribution < 1.29 is 4.39 Å². The molecule has 5 heteroatoms. The summed E-state index contributed by atoms with van der Waals surface area (Å²) < 4.78 is 14.4. The number of hydrogen-bond acceptors (Lipinski definition) is 3. The largest absolute Gasteiger partial charge is 0.381 e. The Kier molecular flexibility index (Phi) is 3.36. The number of thiophene rings is 1. The number of hydrogen-bond donors (Lipinski definition) is 1. The Morgan fingerprint density at radius 2 is 1.95 bits per heavy atom. The van der Waals surface area contributed by atoms with E-state index in [1.807, 2.05) is 30.3 Å². The molecule has 110 valence electrons. The summed E-state index contributed by atoms with van der Waals surface area (Å²) in [6.45, 7) is 1.48. The molecule has 1 aliphatic heterocycles. The average Bonchev–Trinajstić information content (AvgIpc) is 2.73. The average molecular weight is 331 g/mol. The lowest BCUT2D eigenvalue weighted by atomic mass is 10.1. The smallest absolute Gasteiger partial charge is 0.124 e. The number of benzene rings is 2. The standard InChI is InChI=1S/C17H12ClFN2S/c18-11-3-1-10(2-4-11)15-17-16(21-8-7-20-15)13-6-5-12(19)9-14(13)22-17/h1-6,9,21H,7-8H2. The van der Waals surface area contributed by atoms with Gasteiger partial charge in [-0.2, -0.15) is 0 Å². The molecule has 0 bridgehead atoms. The van der Waals surface area contributed by atoms with Crippen molar-refractivity contribution >= 4 is 44.4 Å². The van der Waals surface area contributed by atoms with Gasteiger partial charge in [0.2, 0.25) is 0 Å². The van der Waals surface area contributed by atoms with Crippen LogP contribution in [0.1, 0.15) is 10.4 Å². The van der Waals surface area contributed by atoms with Gasteiger partial charge < -0.3 is 5.32 Å². The molecular formula is C17H12ClFN2S. The van der Waals surface area contributed by atoms with Crippen molar-refractivity contribution in [3.05, 3.63) is 63.7 Å². The van der Waals surface area contributed by atoms with Crippen molar-refractivity contribution in [3.63, 3.8) is 0 Å². The van der Waals surface area contributed by atoms with Gasteiger partial charge in [-0.25, -0.2) is 4.39 Å². The first kappa shape index (κ1) is 13.7. The van der Waals surface area contributed by atoms with E-state index in [1.165, 1.54) is 6.07 Å². The van der Waals surface area contributed by atoms with E-state index in [0.717, 1.165) is 38.5 Å². The van der Waals surface area contributed by atoms with Gasteiger partial charge in [0, 0.05) is 27.2 Å². The van der Waals surface area contributed by atoms with Gasteiger partial charge in [0.15, 0.2) is 0 Å². The van der Waals surface area contributed by atoms with Gasteiger partial charge in [0.1, 0.15) is 5.82 Å². The predicted molar refractivity (Wildman–Crippen MR) is 92.2 cm³/mol. The van der Waals surface area contributed by atoms with Crippen molar-refractivity contribution in [1.29, 1.82) is 0 Å². The monoisotopic (exact) mass is 330 g/mol. The quantitative estimate of drug-likeness (QED) is 0.670. The van der Waals surface area contributed by atoms with Crippen molar-refractivity contribution in [2.24, 2.45) is 4.99 Å². The third-order valence-corrected chi connectivity index (χ3v) is 5.08. The van der Waals surface area contributed by atoms with Crippen LogP contribution in [0.15, 0.2) is 47.5 Å². The second-order valence-corrected chi connectivity index (χ2v) is 6.60. The maximum absolute atomic E-state index is 13.5. The lowest BCUT2D eigenvalue weighted by molar-refractivity contribution is 0.630. The molecule has 1 aliphatic rings. The van der Waals surface area contributed by atoms with Crippen LogP contribution in [0, 0.1) is 5.82 Å². The fourth-order valence-electron chi connectivity index (χ4n) is 2.66. The van der Waals surface area contributed by atoms with Gasteiger partial charge in [-0.3, -0.25) is 4.99 Å². The van der Waals surface area contributed by atoms with Crippen LogP contribution in [0.2, 0.25) is 5.02 Å². The third kappa shape index (κ3) is 2.28. The number of aliphatic imine (C=N–C) groups is 1. The zero-order valence-electron chi connectivity index (χ0n) is 11.6. The topological polar surface area (TPSA) is 24.4 Å². The van der Waals surface area contributed by atoms with Crippen LogP contribution in [0.3, 0.4) is 0 Å². The Hall–Kier alpha value is -1.91. The van der Waals surface area contributed by atoms with E-state index in [2.05, 4.69) is 5.32 Å². The number of nitrogens with zero attached hydrogens (tertiary/aromatic N) is 1. The van der Waals surface area contributed by atoms with Crippen LogP contribution >= 0.6 is 22.9 Å². The van der Waals surface area contributed by atoms with Gasteiger partial charge in [0.05, 0.1) is 22.8 Å². The normalized spacial score (nSPS) is 14.2. The Morgan fingerprint density at radius 1 is 1.14 bits per heavy atom. The maximum atomic E-state index is 13.5. The van der Waals surface area contributed by atoms with E-state index < -0.39 is 0 Å². The molecule has 2 nitrogen and oxygen atoms in total. The lowest BCUT2D eigenvalue weighted by Crippen LogP contribution is -2.02. The molecule has 1 aromatic heterocycles. The Morgan fingerprint density at radius 3 is 2.77 bits per heavy atom. The number of rotatable bonds is 1. The summed E-state index contributed by atoms with van der Waals surface area (Å²) in [5.41, 5.74) is 3.02. The number of fused-ring (bicyclic) bond motifs is 3. The predicted octanol–water partition coefficient (Wildman–Crippen LogP) is 4.96. The molecule has 0 amide bonds. The molecule has 2 aromatic carbocycles. The van der Waals surface area contributed by atoms with Gasteiger partial charge in [-0.1, -0.05) is 23.7 Å². The first-order chi connectivity index (χ1) is 10.7. The minimum Gasteiger partial charge on any atom is -0.381 e. The first-order valence-corrected chi connectivity index (χ1v) is 8.18. The fraction of sp³-hybridized carbons (Fsp3) is 0.118. The summed E-state index contributed by atoms with van der Waals surface area (Å²) in [6, 6.07) is 12.6. The van der Waals surface area contributed by atoms with E-state index >= 15 is 0 Å². The van der Waals surface area contributed by atoms with Crippen LogP contribution < -0.4 is 5.32 Å². The Labute approximate surface area is 136 Å². The van der Waals surface area contributed by atoms with E-state index in [4.69, 9.17) is 16.6 Å². The molecule has 1 N–H and O–H groups in total. The number of halogens is 2. The van der Waals surface area contributed by atoms with Gasteiger partial charge in [0.25, 0.3) is 0 Å². The van der Waals surface area contributed by atoms with E-state index in [9.17, 15) is 4.39 Å². The van der Waals surface area contributed by atoms with Gasteiger partial charge in [-0.15, -0.1) is 11.3 Å². The highest BCUT2D eigenvalue weighted by Crippen LogP contribution is 2.38. The van der Waals surface area contributed by atoms with E-state index in [0.29, 0.717) is 11.6 Å². The summed E-state index contributed by atoms with van der Waals surface area (Å²) in [4.78, 5) is 5.77. The fourth-order valence-corrected chi connectivity index (χ4v) is 4.02. The molecule has 2 heterocycles. The van der Waals surface area contributed by atoms with Crippen molar-refractivity contribution in [3.8, 4) is 0 Å². The zero-order chi connectivity index (χ0) is 15.1. The molecule has 0 saturated carbocycles. The third-order valence-electron chi connectivity index (χ3n) is 3.67. The zero-order valence-corrected chi connectivity index (χ0v) is 13.1. The summed E-state index contributed by atoms with van der Waals surface area (Å²) in [7, 11) is 0. The maximum Gasteiger partial charge on any atom is 0.124 e. The van der Waals surface area contributed by atoms with Crippen LogP contribution in [0.25, 0.3) is 10.1 Å². The minimum absolute atomic E-state index is 0.214. The SMILES string of the molecule is Fc1ccc2c3c(sc2c1)C(c1ccc(Cl)cc1)=NCCN3. The van der Waals surface area contributed by atoms with Crippen molar-refractivity contribution in [2.75, 3.05) is 18.4 Å². The molecule has 22 heavy (non-hydrogen) atoms. The molecule has 0 spiro atoms. The highest BCUT2D eigenvalue weighted by Gasteiger charge is 2.20. The van der Waals surface area contributed by atoms with E-state index in [-0.39, 0.29) is 5.82 Å². The molecule has 0 unspecified atom stereocenters. The molecule has 0 saturated heterocycles. The Balaban J connectivity index is 1.93. The summed E-state index contributed by atoms with van der Waals surface area (Å²) in [5.74, 6) is -0.214. The van der Waals surface area contributed by atoms with Gasteiger partial charge >= 0.3 is 0 Å². The van der Waals surface area contributed by atoms with Crippen LogP contribution in [0.5, 0.6) is 0 Å². The molecule has 4 rings (SSSR count). The molecule has 3 aromatic rings. The van der Waals surface area contributed by atoms with Gasteiger partial charge in [-0.05, 0) is 30.3 Å². The summed E-state index contributed by atoms with van der Waals surface area (Å²) >= 11 is 7.54. The number of anilines is 1. The highest BCUT2D eigenvalue weighted by molar-refractivity contribution is 7.21. The van der Waals surface area contributed by atoms with Crippen LogP contribution in [-0.2, 0) is 0 Å². The second kappa shape index (κ2) is 5.38. The summed E-state index contributed by atoms with van der Waals surface area (Å²) in [5, 5.41) is 5.18. The molecule has 0 aliphatic carbocycles. The van der Waals surface area contributed by atoms with Crippen LogP contribution in [0.4, 0.5) is 10.1 Å². The number of nitrogens with one attached hydrogen (secondary N) is 1. The molecule has 0 atom stereocenters. The minimum atomic E-state index is -0.214. The van der Waals surface area contributed by atoms with Crippen LogP contribution in [-0.4, -0.2) is 18.8 Å². The lowest BCUT2D eigenvalue weighted by Gasteiger charge is -2.06. The molecule has 0 fully saturated rings. The summed E-state index contributed by atoms with van der Waals surface area (Å²) in [6.07, 6.45) is 0. The second-order valence-electron chi connectivity index (χ2n) is 5.11. The molecular weight excluding hydrogens is 319 g/mol. The Bertz CT molecular complexity index is 884. The molecule has 0 radical (unpaired) electrons. The first-order valence-electron chi connectivity index (χ1n) is 6.99. The van der Waals surface area contributed by atoms with Crippen molar-refractivity contribution in [1.82, 2.24) is 0 Å². The van der Waals surface area contributed by atoms with E-state index in [1.54, 1.807) is 17.4 Å².